The molecule has 3 aromatic rings. The van der Waals surface area contributed by atoms with Gasteiger partial charge < -0.3 is 15.5 Å². The number of hydrogen-bond donors (Lipinski definition) is 2. The second kappa shape index (κ2) is 6.14. The lowest BCUT2D eigenvalue weighted by Gasteiger charge is -2.04. The molecule has 0 saturated heterocycles. The van der Waals surface area contributed by atoms with E-state index < -0.39 is 5.91 Å². The standard InChI is InChI=1S/C17H13ClN2O3/c18-13-6-5-12-7-15(23-14(12)8-13)17(22)20-9-10-1-3-11(4-2-10)16(19)21/h1-8H,9H2,(H2,19,21)(H,20,22). The van der Waals surface area contributed by atoms with Gasteiger partial charge in [-0.15, -0.1) is 0 Å². The van der Waals surface area contributed by atoms with Gasteiger partial charge in [0.1, 0.15) is 5.58 Å². The summed E-state index contributed by atoms with van der Waals surface area (Å²) in [6.07, 6.45) is 0. The van der Waals surface area contributed by atoms with Crippen molar-refractivity contribution in [3.8, 4) is 0 Å². The van der Waals surface area contributed by atoms with E-state index in [4.69, 9.17) is 21.8 Å². The predicted octanol–water partition coefficient (Wildman–Crippen LogP) is 3.12. The van der Waals surface area contributed by atoms with Crippen LogP contribution in [0.2, 0.25) is 5.02 Å². The average Bonchev–Trinajstić information content (AvgIpc) is 2.96. The third kappa shape index (κ3) is 3.35. The van der Waals surface area contributed by atoms with Gasteiger partial charge in [0.2, 0.25) is 5.91 Å². The van der Waals surface area contributed by atoms with Gasteiger partial charge in [0, 0.05) is 28.6 Å². The van der Waals surface area contributed by atoms with Crippen molar-refractivity contribution < 1.29 is 14.0 Å². The summed E-state index contributed by atoms with van der Waals surface area (Å²) in [5, 5.41) is 4.12. The Labute approximate surface area is 137 Å². The molecule has 116 valence electrons. The third-order valence-electron chi connectivity index (χ3n) is 3.40. The van der Waals surface area contributed by atoms with E-state index in [0.717, 1.165) is 10.9 Å². The van der Waals surface area contributed by atoms with Crippen molar-refractivity contribution in [2.75, 3.05) is 0 Å². The summed E-state index contributed by atoms with van der Waals surface area (Å²) in [5.74, 6) is -0.589. The van der Waals surface area contributed by atoms with Crippen molar-refractivity contribution >= 4 is 34.4 Å². The zero-order chi connectivity index (χ0) is 16.4. The van der Waals surface area contributed by atoms with Crippen LogP contribution in [0.1, 0.15) is 26.5 Å². The first-order chi connectivity index (χ1) is 11.0. The number of amides is 2. The molecule has 0 aliphatic heterocycles. The second-order valence-corrected chi connectivity index (χ2v) is 5.47. The maximum atomic E-state index is 12.1. The van der Waals surface area contributed by atoms with Gasteiger partial charge in [-0.1, -0.05) is 23.7 Å². The average molecular weight is 329 g/mol. The van der Waals surface area contributed by atoms with Crippen LogP contribution in [0.5, 0.6) is 0 Å². The molecule has 3 N–H and O–H groups in total. The molecule has 0 atom stereocenters. The molecule has 23 heavy (non-hydrogen) atoms. The van der Waals surface area contributed by atoms with Gasteiger partial charge in [0.15, 0.2) is 5.76 Å². The van der Waals surface area contributed by atoms with Gasteiger partial charge in [-0.2, -0.15) is 0 Å². The normalized spacial score (nSPS) is 10.7. The highest BCUT2D eigenvalue weighted by atomic mass is 35.5. The quantitative estimate of drug-likeness (QED) is 0.771. The van der Waals surface area contributed by atoms with Crippen LogP contribution in [0.4, 0.5) is 0 Å². The highest BCUT2D eigenvalue weighted by Crippen LogP contribution is 2.23. The second-order valence-electron chi connectivity index (χ2n) is 5.04. The lowest BCUT2D eigenvalue weighted by Crippen LogP contribution is -2.22. The Morgan fingerprint density at radius 3 is 2.52 bits per heavy atom. The number of hydrogen-bond acceptors (Lipinski definition) is 3. The molecule has 1 aromatic heterocycles. The van der Waals surface area contributed by atoms with E-state index in [1.807, 2.05) is 0 Å². The zero-order valence-electron chi connectivity index (χ0n) is 12.0. The van der Waals surface area contributed by atoms with Gasteiger partial charge in [-0.05, 0) is 35.9 Å². The van der Waals surface area contributed by atoms with E-state index in [-0.39, 0.29) is 11.7 Å². The maximum absolute atomic E-state index is 12.1. The van der Waals surface area contributed by atoms with Gasteiger partial charge in [-0.25, -0.2) is 0 Å². The van der Waals surface area contributed by atoms with Crippen molar-refractivity contribution in [2.24, 2.45) is 5.73 Å². The lowest BCUT2D eigenvalue weighted by molar-refractivity contribution is 0.0924. The minimum atomic E-state index is -0.485. The molecule has 2 aromatic carbocycles. The maximum Gasteiger partial charge on any atom is 0.287 e. The molecule has 3 rings (SSSR count). The smallest absolute Gasteiger partial charge is 0.287 e. The number of furan rings is 1. The Bertz CT molecular complexity index is 884. The molecule has 0 bridgehead atoms. The molecule has 0 aliphatic rings. The first-order valence-corrected chi connectivity index (χ1v) is 7.27. The van der Waals surface area contributed by atoms with E-state index in [0.29, 0.717) is 22.7 Å². The Hall–Kier alpha value is -2.79. The van der Waals surface area contributed by atoms with Gasteiger partial charge in [-0.3, -0.25) is 9.59 Å². The van der Waals surface area contributed by atoms with E-state index in [2.05, 4.69) is 5.32 Å². The first kappa shape index (κ1) is 15.1. The minimum absolute atomic E-state index is 0.219. The van der Waals surface area contributed by atoms with Gasteiger partial charge in [0.25, 0.3) is 5.91 Å². The fraction of sp³-hybridized carbons (Fsp3) is 0.0588. The number of nitrogens with two attached hydrogens (primary N) is 1. The molecule has 0 fully saturated rings. The number of benzene rings is 2. The molecular weight excluding hydrogens is 316 g/mol. The van der Waals surface area contributed by atoms with E-state index in [9.17, 15) is 9.59 Å². The first-order valence-electron chi connectivity index (χ1n) is 6.89. The Balaban J connectivity index is 1.69. The van der Waals surface area contributed by atoms with Crippen LogP contribution in [-0.4, -0.2) is 11.8 Å². The zero-order valence-corrected chi connectivity index (χ0v) is 12.8. The molecule has 0 aliphatic carbocycles. The topological polar surface area (TPSA) is 85.3 Å². The fourth-order valence-corrected chi connectivity index (χ4v) is 2.34. The molecule has 2 amide bonds. The van der Waals surface area contributed by atoms with Gasteiger partial charge >= 0.3 is 0 Å². The summed E-state index contributed by atoms with van der Waals surface area (Å²) in [5.41, 5.74) is 7.02. The van der Waals surface area contributed by atoms with Crippen LogP contribution in [0.15, 0.2) is 52.9 Å². The number of rotatable bonds is 4. The molecule has 0 radical (unpaired) electrons. The monoisotopic (exact) mass is 328 g/mol. The Morgan fingerprint density at radius 1 is 1.09 bits per heavy atom. The summed E-state index contributed by atoms with van der Waals surface area (Å²) < 4.78 is 5.49. The fourth-order valence-electron chi connectivity index (χ4n) is 2.17. The molecule has 0 unspecified atom stereocenters. The van der Waals surface area contributed by atoms with Crippen molar-refractivity contribution in [3.63, 3.8) is 0 Å². The number of carbonyl (C=O) groups is 2. The third-order valence-corrected chi connectivity index (χ3v) is 3.63. The van der Waals surface area contributed by atoms with E-state index >= 15 is 0 Å². The van der Waals surface area contributed by atoms with Crippen LogP contribution in [0.3, 0.4) is 0 Å². The van der Waals surface area contributed by atoms with Crippen molar-refractivity contribution in [2.45, 2.75) is 6.54 Å². The Morgan fingerprint density at radius 2 is 1.83 bits per heavy atom. The van der Waals surface area contributed by atoms with Crippen LogP contribution in [0, 0.1) is 0 Å². The van der Waals surface area contributed by atoms with Crippen LogP contribution < -0.4 is 11.1 Å². The minimum Gasteiger partial charge on any atom is -0.451 e. The van der Waals surface area contributed by atoms with Crippen molar-refractivity contribution in [3.05, 3.63) is 70.4 Å². The predicted molar refractivity (Wildman–Crippen MR) is 87.4 cm³/mol. The van der Waals surface area contributed by atoms with Crippen molar-refractivity contribution in [1.82, 2.24) is 5.32 Å². The molecular formula is C17H13ClN2O3. The molecule has 1 heterocycles. The summed E-state index contributed by atoms with van der Waals surface area (Å²) >= 11 is 5.89. The largest absolute Gasteiger partial charge is 0.451 e. The van der Waals surface area contributed by atoms with Gasteiger partial charge in [0.05, 0.1) is 0 Å². The summed E-state index contributed by atoms with van der Waals surface area (Å²) in [6.45, 7) is 0.315. The van der Waals surface area contributed by atoms with E-state index in [1.165, 1.54) is 0 Å². The van der Waals surface area contributed by atoms with Crippen LogP contribution >= 0.6 is 11.6 Å². The lowest BCUT2D eigenvalue weighted by atomic mass is 10.1. The summed E-state index contributed by atoms with van der Waals surface area (Å²) in [4.78, 5) is 23.1. The molecule has 6 heteroatoms. The number of halogens is 1. The highest BCUT2D eigenvalue weighted by molar-refractivity contribution is 6.31. The Kier molecular flexibility index (Phi) is 4.04. The highest BCUT2D eigenvalue weighted by Gasteiger charge is 2.12. The molecule has 0 spiro atoms. The number of carbonyl (C=O) groups excluding carboxylic acids is 2. The van der Waals surface area contributed by atoms with Crippen molar-refractivity contribution in [1.29, 1.82) is 0 Å². The molecule has 0 saturated carbocycles. The SMILES string of the molecule is NC(=O)c1ccc(CNC(=O)c2cc3ccc(Cl)cc3o2)cc1. The van der Waals surface area contributed by atoms with Crippen LogP contribution in [-0.2, 0) is 6.54 Å². The van der Waals surface area contributed by atoms with E-state index in [1.54, 1.807) is 48.5 Å². The summed E-state index contributed by atoms with van der Waals surface area (Å²) in [7, 11) is 0. The summed E-state index contributed by atoms with van der Waals surface area (Å²) in [6, 6.07) is 13.6. The molecule has 5 nitrogen and oxygen atoms in total. The van der Waals surface area contributed by atoms with Crippen LogP contribution in [0.25, 0.3) is 11.0 Å². The number of primary amides is 1. The number of nitrogens with one attached hydrogen (secondary N) is 1. The number of fused-ring (bicyclic) bond motifs is 1.